The molecule has 2 saturated carbocycles. The Morgan fingerprint density at radius 2 is 2.19 bits per heavy atom. The van der Waals surface area contributed by atoms with Crippen molar-refractivity contribution in [3.05, 3.63) is 29.1 Å². The molecule has 0 aromatic carbocycles. The number of nitrogen functional groups attached to an aromatic ring is 1. The molecule has 2 atom stereocenters. The van der Waals surface area contributed by atoms with Crippen LogP contribution in [0.2, 0.25) is 0 Å². The molecule has 2 aliphatic rings. The summed E-state index contributed by atoms with van der Waals surface area (Å²) >= 11 is 0. The van der Waals surface area contributed by atoms with Crippen molar-refractivity contribution in [2.24, 2.45) is 11.8 Å². The summed E-state index contributed by atoms with van der Waals surface area (Å²) in [5, 5.41) is 37.9. The molecular weight excluding hydrogens is 392 g/mol. The molecule has 0 bridgehead atoms. The number of nitrogens with one attached hydrogen (secondary N) is 3. The zero-order valence-electron chi connectivity index (χ0n) is 17.9. The van der Waals surface area contributed by atoms with E-state index in [1.807, 2.05) is 6.92 Å². The second-order valence-electron chi connectivity index (χ2n) is 8.61. The number of aromatic nitrogens is 3. The van der Waals surface area contributed by atoms with Crippen molar-refractivity contribution in [3.8, 4) is 6.07 Å². The van der Waals surface area contributed by atoms with Gasteiger partial charge in [0, 0.05) is 42.8 Å². The molecule has 2 unspecified atom stereocenters. The molecule has 0 amide bonds. The van der Waals surface area contributed by atoms with E-state index in [4.69, 9.17) is 11.1 Å². The van der Waals surface area contributed by atoms with Crippen LogP contribution in [0.15, 0.2) is 12.3 Å². The van der Waals surface area contributed by atoms with E-state index >= 15 is 0 Å². The minimum atomic E-state index is 0.202. The zero-order valence-corrected chi connectivity index (χ0v) is 17.9. The normalized spacial score (nSPS) is 20.5. The second kappa shape index (κ2) is 8.94. The molecule has 164 valence electrons. The Morgan fingerprint density at radius 3 is 2.84 bits per heavy atom. The first-order chi connectivity index (χ1) is 15.0. The average Bonchev–Trinajstić information content (AvgIpc) is 3.49. The number of rotatable bonds is 10. The first-order valence-corrected chi connectivity index (χ1v) is 10.9. The predicted octanol–water partition coefficient (Wildman–Crippen LogP) is 2.14. The van der Waals surface area contributed by atoms with Gasteiger partial charge in [-0.05, 0) is 57.2 Å². The number of aryl methyl sites for hydroxylation is 1. The van der Waals surface area contributed by atoms with Crippen molar-refractivity contribution in [1.29, 1.82) is 10.7 Å². The van der Waals surface area contributed by atoms with Crippen LogP contribution in [0.4, 0.5) is 11.6 Å². The molecule has 6 N–H and O–H groups in total. The Bertz CT molecular complexity index is 1040. The Balaban J connectivity index is 1.40. The van der Waals surface area contributed by atoms with Gasteiger partial charge in [-0.25, -0.2) is 4.98 Å². The van der Waals surface area contributed by atoms with Gasteiger partial charge in [-0.2, -0.15) is 14.9 Å². The predicted molar refractivity (Wildman–Crippen MR) is 120 cm³/mol. The molecule has 0 radical (unpaired) electrons. The highest BCUT2D eigenvalue weighted by molar-refractivity contribution is 5.92. The van der Waals surface area contributed by atoms with Crippen LogP contribution in [0.3, 0.4) is 0 Å². The van der Waals surface area contributed by atoms with Crippen LogP contribution in [0, 0.1) is 35.5 Å². The molecule has 4 rings (SSSR count). The van der Waals surface area contributed by atoms with Crippen molar-refractivity contribution in [2.75, 3.05) is 24.2 Å². The lowest BCUT2D eigenvalue weighted by molar-refractivity contribution is 0.124. The van der Waals surface area contributed by atoms with E-state index in [-0.39, 0.29) is 12.2 Å². The summed E-state index contributed by atoms with van der Waals surface area (Å²) in [7, 11) is 0. The third-order valence-electron chi connectivity index (χ3n) is 6.33. The third-order valence-corrected chi connectivity index (χ3v) is 6.33. The number of hydrogen-bond donors (Lipinski definition) is 5. The second-order valence-corrected chi connectivity index (χ2v) is 8.61. The van der Waals surface area contributed by atoms with Gasteiger partial charge in [0.25, 0.3) is 0 Å². The Kier molecular flexibility index (Phi) is 6.09. The molecule has 2 fully saturated rings. The summed E-state index contributed by atoms with van der Waals surface area (Å²) < 4.78 is 1.58. The standard InChI is InChI=1S/C22H30N8O/c1-13-17(10-14-2-3-14)22-28-21(18(11-23)20(25)30(22)29-13)27-9-7-16(24)6-8-26-19-5-4-15(19)12-31/h6,8,14-15,19,24,26,31H,2-5,7,9-10,12,25H2,1H3,(H,27,28)/b8-6-,24-16?. The van der Waals surface area contributed by atoms with Crippen LogP contribution >= 0.6 is 0 Å². The molecule has 0 spiro atoms. The molecule has 2 aliphatic carbocycles. The van der Waals surface area contributed by atoms with Gasteiger partial charge in [-0.1, -0.05) is 0 Å². The first kappa shape index (κ1) is 21.1. The fourth-order valence-corrected chi connectivity index (χ4v) is 3.99. The number of fused-ring (bicyclic) bond motifs is 1. The lowest BCUT2D eigenvalue weighted by Crippen LogP contribution is -2.43. The molecule has 9 nitrogen and oxygen atoms in total. The molecule has 0 aliphatic heterocycles. The van der Waals surface area contributed by atoms with E-state index in [9.17, 15) is 10.4 Å². The number of anilines is 2. The molecule has 2 heterocycles. The molecule has 2 aromatic heterocycles. The molecule has 9 heteroatoms. The van der Waals surface area contributed by atoms with Crippen molar-refractivity contribution < 1.29 is 5.11 Å². The van der Waals surface area contributed by atoms with Crippen LogP contribution < -0.4 is 16.4 Å². The van der Waals surface area contributed by atoms with E-state index in [1.165, 1.54) is 12.8 Å². The summed E-state index contributed by atoms with van der Waals surface area (Å²) in [5.41, 5.74) is 9.69. The van der Waals surface area contributed by atoms with Crippen LogP contribution in [0.25, 0.3) is 5.65 Å². The largest absolute Gasteiger partial charge is 0.396 e. The summed E-state index contributed by atoms with van der Waals surface area (Å²) in [6.45, 7) is 2.63. The highest BCUT2D eigenvalue weighted by Crippen LogP contribution is 2.35. The van der Waals surface area contributed by atoms with E-state index < -0.39 is 0 Å². The Labute approximate surface area is 181 Å². The van der Waals surface area contributed by atoms with Crippen molar-refractivity contribution in [2.45, 2.75) is 51.5 Å². The topological polar surface area (TPSA) is 148 Å². The van der Waals surface area contributed by atoms with Gasteiger partial charge in [-0.3, -0.25) is 0 Å². The van der Waals surface area contributed by atoms with E-state index in [1.54, 1.807) is 16.8 Å². The highest BCUT2D eigenvalue weighted by atomic mass is 16.3. The third kappa shape index (κ3) is 4.49. The number of nitrogens with zero attached hydrogens (tertiary/aromatic N) is 4. The molecule has 31 heavy (non-hydrogen) atoms. The number of nitriles is 1. The quantitative estimate of drug-likeness (QED) is 0.368. The van der Waals surface area contributed by atoms with Crippen LogP contribution in [-0.4, -0.2) is 44.6 Å². The lowest BCUT2D eigenvalue weighted by Gasteiger charge is -2.35. The van der Waals surface area contributed by atoms with Crippen LogP contribution in [-0.2, 0) is 6.42 Å². The monoisotopic (exact) mass is 422 g/mol. The molecule has 0 saturated heterocycles. The highest BCUT2D eigenvalue weighted by Gasteiger charge is 2.29. The Morgan fingerprint density at radius 1 is 1.39 bits per heavy atom. The maximum Gasteiger partial charge on any atom is 0.163 e. The summed E-state index contributed by atoms with van der Waals surface area (Å²) in [6.07, 6.45) is 9.51. The number of aliphatic hydroxyl groups excluding tert-OH is 1. The van der Waals surface area contributed by atoms with Gasteiger partial charge in [0.1, 0.15) is 23.3 Å². The summed E-state index contributed by atoms with van der Waals surface area (Å²) in [5.74, 6) is 1.74. The number of aliphatic hydroxyl groups is 1. The Hall–Kier alpha value is -3.12. The first-order valence-electron chi connectivity index (χ1n) is 10.9. The molecular formula is C22H30N8O. The van der Waals surface area contributed by atoms with Gasteiger partial charge in [0.15, 0.2) is 5.65 Å². The number of hydrogen-bond acceptors (Lipinski definition) is 8. The van der Waals surface area contributed by atoms with Gasteiger partial charge in [0.05, 0.1) is 5.69 Å². The lowest BCUT2D eigenvalue weighted by atomic mass is 9.80. The van der Waals surface area contributed by atoms with E-state index in [0.29, 0.717) is 53.8 Å². The fourth-order valence-electron chi connectivity index (χ4n) is 3.99. The van der Waals surface area contributed by atoms with Gasteiger partial charge >= 0.3 is 0 Å². The maximum atomic E-state index is 9.61. The fraction of sp³-hybridized carbons (Fsp3) is 0.545. The minimum absolute atomic E-state index is 0.202. The summed E-state index contributed by atoms with van der Waals surface area (Å²) in [4.78, 5) is 4.69. The molecule has 2 aromatic rings. The van der Waals surface area contributed by atoms with Crippen LogP contribution in [0.1, 0.15) is 48.9 Å². The van der Waals surface area contributed by atoms with Gasteiger partial charge < -0.3 is 26.9 Å². The average molecular weight is 423 g/mol. The number of allylic oxidation sites excluding steroid dienone is 1. The smallest absolute Gasteiger partial charge is 0.163 e. The van der Waals surface area contributed by atoms with E-state index in [0.717, 1.165) is 30.5 Å². The maximum absolute atomic E-state index is 9.61. The van der Waals surface area contributed by atoms with E-state index in [2.05, 4.69) is 26.8 Å². The van der Waals surface area contributed by atoms with Gasteiger partial charge in [-0.15, -0.1) is 0 Å². The zero-order chi connectivity index (χ0) is 22.0. The van der Waals surface area contributed by atoms with Crippen LogP contribution in [0.5, 0.6) is 0 Å². The SMILES string of the molecule is Cc1nn2c(N)c(C#N)c(NCCC(=N)/C=C\NC3CCC3CO)nc2c1CC1CC1. The van der Waals surface area contributed by atoms with Crippen molar-refractivity contribution >= 4 is 23.0 Å². The van der Waals surface area contributed by atoms with Gasteiger partial charge in [0.2, 0.25) is 0 Å². The number of nitrogens with two attached hydrogens (primary N) is 1. The minimum Gasteiger partial charge on any atom is -0.396 e. The summed E-state index contributed by atoms with van der Waals surface area (Å²) in [6, 6.07) is 2.44. The van der Waals surface area contributed by atoms with Crippen molar-refractivity contribution in [3.63, 3.8) is 0 Å². The van der Waals surface area contributed by atoms with Crippen molar-refractivity contribution in [1.82, 2.24) is 19.9 Å².